The fourth-order valence-corrected chi connectivity index (χ4v) is 7.12. The number of ether oxygens (including phenoxy) is 1. The summed E-state index contributed by atoms with van der Waals surface area (Å²) >= 11 is 0. The Balaban J connectivity index is 1.80. The molecule has 7 atom stereocenters. The van der Waals surface area contributed by atoms with Crippen LogP contribution < -0.4 is 0 Å². The van der Waals surface area contributed by atoms with E-state index in [1.807, 2.05) is 13.0 Å². The van der Waals surface area contributed by atoms with Gasteiger partial charge in [0.15, 0.2) is 0 Å². The molecule has 27 heavy (non-hydrogen) atoms. The molecule has 1 spiro atoms. The minimum absolute atomic E-state index is 0.0328. The van der Waals surface area contributed by atoms with Gasteiger partial charge in [0, 0.05) is 0 Å². The molecular formula is C21H24O5P+. The first kappa shape index (κ1) is 18.0. The Morgan fingerprint density at radius 1 is 1.33 bits per heavy atom. The van der Waals surface area contributed by atoms with Gasteiger partial charge >= 0.3 is 160 Å². The summed E-state index contributed by atoms with van der Waals surface area (Å²) in [6.45, 7) is 8.31. The summed E-state index contributed by atoms with van der Waals surface area (Å²) in [7, 11) is 0.319. The summed E-state index contributed by atoms with van der Waals surface area (Å²) < 4.78 is 11.3. The van der Waals surface area contributed by atoms with Gasteiger partial charge in [-0.25, -0.2) is 0 Å². The quantitative estimate of drug-likeness (QED) is 0.511. The molecule has 2 fully saturated rings. The molecule has 5 aliphatic rings. The molecule has 142 valence electrons. The van der Waals surface area contributed by atoms with Crippen LogP contribution in [0.2, 0.25) is 0 Å². The molecule has 5 rings (SSSR count). The number of carbonyl (C=O) groups is 2. The maximum atomic E-state index is 14.0. The number of Topliss-reactive ketones (excluding diaryl/α,β-unsaturated/α-hetero) is 2. The second kappa shape index (κ2) is 5.28. The number of hydrogen-bond acceptors (Lipinski definition) is 5. The van der Waals surface area contributed by atoms with Crippen molar-refractivity contribution in [2.45, 2.75) is 45.8 Å². The van der Waals surface area contributed by atoms with E-state index in [0.717, 1.165) is 6.42 Å². The van der Waals surface area contributed by atoms with Crippen LogP contribution in [0.15, 0.2) is 23.3 Å². The predicted octanol–water partition coefficient (Wildman–Crippen LogP) is 2.86. The van der Waals surface area contributed by atoms with E-state index in [1.165, 1.54) is 0 Å². The van der Waals surface area contributed by atoms with Crippen LogP contribution in [0.1, 0.15) is 34.1 Å². The monoisotopic (exact) mass is 387 g/mol. The van der Waals surface area contributed by atoms with Crippen LogP contribution in [0, 0.1) is 40.3 Å². The summed E-state index contributed by atoms with van der Waals surface area (Å²) in [6, 6.07) is 0. The minimum atomic E-state index is -1.92. The second-order valence-electron chi connectivity index (χ2n) is 9.47. The van der Waals surface area contributed by atoms with Gasteiger partial charge in [-0.1, -0.05) is 0 Å². The van der Waals surface area contributed by atoms with E-state index in [-0.39, 0.29) is 35.6 Å². The number of ketones is 2. The predicted molar refractivity (Wildman–Crippen MR) is 98.9 cm³/mol. The second-order valence-corrected chi connectivity index (χ2v) is 10.0. The standard InChI is InChI=1S/C21H24O5P/c1-10-7-20-11(2)5-14-15(19(14,3)4)13(17(20)23)6-12-8-25-9-27-26-18(12)21(20,24)16(10)22/h6-7,11,13-15,18,24H,5,8H2,1-4H3/q+1/t11-,13+,14?,15?,18-,20+,21-/m1/s1. The van der Waals surface area contributed by atoms with Crippen molar-refractivity contribution in [1.82, 2.24) is 0 Å². The molecule has 1 aliphatic heterocycles. The molecule has 0 aromatic heterocycles. The number of allylic oxidation sites excluding steroid dienone is 1. The number of carbonyl (C=O) groups excluding carboxylic acids is 2. The molecule has 2 saturated carbocycles. The fourth-order valence-electron chi connectivity index (χ4n) is 6.57. The van der Waals surface area contributed by atoms with E-state index in [2.05, 4.69) is 19.7 Å². The summed E-state index contributed by atoms with van der Waals surface area (Å²) in [6.07, 6.45) is 3.62. The van der Waals surface area contributed by atoms with Crippen LogP contribution in [0.25, 0.3) is 0 Å². The third-order valence-corrected chi connectivity index (χ3v) is 8.53. The average molecular weight is 387 g/mol. The Bertz CT molecular complexity index is 905. The first-order valence-electron chi connectivity index (χ1n) is 9.61. The van der Waals surface area contributed by atoms with Crippen LogP contribution in [0.3, 0.4) is 0 Å². The van der Waals surface area contributed by atoms with Gasteiger partial charge in [0.05, 0.1) is 0 Å². The van der Waals surface area contributed by atoms with Crippen molar-refractivity contribution < 1.29 is 24.0 Å². The third-order valence-electron chi connectivity index (χ3n) is 8.01. The molecule has 2 bridgehead atoms. The van der Waals surface area contributed by atoms with Gasteiger partial charge in [0.1, 0.15) is 0 Å². The Hall–Kier alpha value is -1.09. The zero-order valence-electron chi connectivity index (χ0n) is 16.0. The summed E-state index contributed by atoms with van der Waals surface area (Å²) in [5, 5.41) is 12.0. The number of aliphatic hydroxyl groups is 1. The third kappa shape index (κ3) is 1.90. The Morgan fingerprint density at radius 3 is 2.81 bits per heavy atom. The Labute approximate surface area is 160 Å². The van der Waals surface area contributed by atoms with Gasteiger partial charge in [0.25, 0.3) is 0 Å². The van der Waals surface area contributed by atoms with Gasteiger partial charge in [0.2, 0.25) is 0 Å². The Morgan fingerprint density at radius 2 is 2.07 bits per heavy atom. The first-order chi connectivity index (χ1) is 12.7. The Kier molecular flexibility index (Phi) is 3.52. The molecule has 1 N–H and O–H groups in total. The summed E-state index contributed by atoms with van der Waals surface area (Å²) in [4.78, 5) is 27.3. The molecule has 0 radical (unpaired) electrons. The van der Waals surface area contributed by atoms with Crippen LogP contribution in [0.5, 0.6) is 0 Å². The zero-order valence-corrected chi connectivity index (χ0v) is 16.9. The fraction of sp³-hybridized carbons (Fsp3) is 0.667. The van der Waals surface area contributed by atoms with Gasteiger partial charge in [-0.2, -0.15) is 0 Å². The molecule has 0 aromatic carbocycles. The van der Waals surface area contributed by atoms with Crippen molar-refractivity contribution in [1.29, 1.82) is 0 Å². The molecule has 0 amide bonds. The van der Waals surface area contributed by atoms with Gasteiger partial charge in [-0.3, -0.25) is 0 Å². The van der Waals surface area contributed by atoms with Gasteiger partial charge in [-0.15, -0.1) is 0 Å². The van der Waals surface area contributed by atoms with Crippen LogP contribution in [0.4, 0.5) is 0 Å². The van der Waals surface area contributed by atoms with Crippen molar-refractivity contribution in [3.63, 3.8) is 0 Å². The average Bonchev–Trinajstić information content (AvgIpc) is 3.21. The van der Waals surface area contributed by atoms with Gasteiger partial charge < -0.3 is 0 Å². The number of rotatable bonds is 0. The van der Waals surface area contributed by atoms with Crippen molar-refractivity contribution in [2.24, 2.45) is 34.5 Å². The molecule has 5 nitrogen and oxygen atoms in total. The molecule has 6 heteroatoms. The maximum absolute atomic E-state index is 14.0. The topological polar surface area (TPSA) is 72.8 Å². The van der Waals surface area contributed by atoms with Crippen LogP contribution >= 0.6 is 8.26 Å². The van der Waals surface area contributed by atoms with Crippen LogP contribution in [-0.4, -0.2) is 35.0 Å². The van der Waals surface area contributed by atoms with Crippen molar-refractivity contribution in [3.05, 3.63) is 23.3 Å². The van der Waals surface area contributed by atoms with Crippen molar-refractivity contribution >= 4 is 19.8 Å². The van der Waals surface area contributed by atoms with E-state index < -0.39 is 22.9 Å². The van der Waals surface area contributed by atoms with E-state index in [1.54, 1.807) is 13.0 Å². The van der Waals surface area contributed by atoms with E-state index in [0.29, 0.717) is 25.3 Å². The molecule has 0 saturated heterocycles. The van der Waals surface area contributed by atoms with Crippen molar-refractivity contribution in [3.8, 4) is 5.81 Å². The number of fused-ring (bicyclic) bond motifs is 5. The van der Waals surface area contributed by atoms with Gasteiger partial charge in [-0.05, 0) is 0 Å². The zero-order chi connectivity index (χ0) is 19.4. The molecular weight excluding hydrogens is 363 g/mol. The van der Waals surface area contributed by atoms with Crippen LogP contribution in [-0.2, 0) is 18.8 Å². The molecule has 0 aromatic rings. The molecule has 2 unspecified atom stereocenters. The SMILES string of the molecule is CC1=C[C@]23C(=O)[C@@H](C=C4COC#[P+]O[C@H]4[C@]2(O)C1=O)C1C(C[C@H]3C)C1(C)C. The van der Waals surface area contributed by atoms with E-state index >= 15 is 0 Å². The van der Waals surface area contributed by atoms with Crippen molar-refractivity contribution in [2.75, 3.05) is 6.61 Å². The normalized spacial score (nSPS) is 49.4. The van der Waals surface area contributed by atoms with E-state index in [4.69, 9.17) is 9.26 Å². The first-order valence-corrected chi connectivity index (χ1v) is 10.4. The number of hydrogen-bond donors (Lipinski definition) is 1. The summed E-state index contributed by atoms with van der Waals surface area (Å²) in [5.41, 5.74) is -1.95. The molecule has 1 heterocycles. The summed E-state index contributed by atoms with van der Waals surface area (Å²) in [5.74, 6) is 2.39. The van der Waals surface area contributed by atoms with E-state index in [9.17, 15) is 14.7 Å². The molecule has 4 aliphatic carbocycles.